The molecule has 0 heterocycles. The van der Waals surface area contributed by atoms with E-state index in [-0.39, 0.29) is 29.7 Å². The first-order chi connectivity index (χ1) is 15.4. The third-order valence-electron chi connectivity index (χ3n) is 4.22. The Morgan fingerprint density at radius 2 is 1.34 bits per heavy atom. The molecule has 2 aromatic carbocycles. The van der Waals surface area contributed by atoms with Crippen molar-refractivity contribution in [2.45, 2.75) is 25.7 Å². The maximum atomic E-state index is 11.5. The second-order valence-electron chi connectivity index (χ2n) is 6.60. The lowest BCUT2D eigenvalue weighted by Gasteiger charge is -2.21. The lowest BCUT2D eigenvalue weighted by atomic mass is 9.85. The van der Waals surface area contributed by atoms with E-state index in [0.717, 1.165) is 0 Å². The summed E-state index contributed by atoms with van der Waals surface area (Å²) in [4.78, 5) is 42.1. The molecule has 0 atom stereocenters. The van der Waals surface area contributed by atoms with Crippen LogP contribution in [0, 0.1) is 20.2 Å². The molecule has 0 N–H and O–H groups in total. The zero-order valence-corrected chi connectivity index (χ0v) is 18.1. The van der Waals surface area contributed by atoms with Crippen LogP contribution in [0.15, 0.2) is 48.5 Å². The molecule has 0 aromatic heterocycles. The Balaban J connectivity index is 0.000000558. The third kappa shape index (κ3) is 8.46. The third-order valence-corrected chi connectivity index (χ3v) is 4.22. The number of ether oxygens (including phenoxy) is 2. The quantitative estimate of drug-likeness (QED) is 0.364. The molecule has 0 spiro atoms. The Morgan fingerprint density at radius 1 is 0.938 bits per heavy atom. The topological polar surface area (TPSA) is 139 Å². The highest BCUT2D eigenvalue weighted by atomic mass is 19.1. The average molecular weight is 453 g/mol. The van der Waals surface area contributed by atoms with E-state index < -0.39 is 22.4 Å². The van der Waals surface area contributed by atoms with Gasteiger partial charge in [-0.15, -0.1) is 0 Å². The summed E-state index contributed by atoms with van der Waals surface area (Å²) in [6.45, 7) is 3.42. The van der Waals surface area contributed by atoms with Gasteiger partial charge < -0.3 is 9.47 Å². The maximum absolute atomic E-state index is 11.5. The molecule has 2 rings (SSSR count). The van der Waals surface area contributed by atoms with E-state index in [9.17, 15) is 34.2 Å². The molecule has 0 fully saturated rings. The number of rotatable bonds is 6. The van der Waals surface area contributed by atoms with Crippen LogP contribution in [0.25, 0.3) is 0 Å². The number of benzene rings is 2. The number of esters is 2. The molecule has 11 heteroatoms. The molecule has 174 valence electrons. The van der Waals surface area contributed by atoms with E-state index in [4.69, 9.17) is 1.37 Å². The molecule has 0 aliphatic heterocycles. The van der Waals surface area contributed by atoms with Crippen LogP contribution < -0.4 is 0 Å². The highest BCUT2D eigenvalue weighted by molar-refractivity contribution is 5.82. The number of alkyl halides is 1. The molecule has 0 saturated carbocycles. The lowest BCUT2D eigenvalue weighted by molar-refractivity contribution is -0.385. The summed E-state index contributed by atoms with van der Waals surface area (Å²) < 4.78 is 24.6. The summed E-state index contributed by atoms with van der Waals surface area (Å²) >= 11 is 0. The smallest absolute Gasteiger partial charge is 0.315 e. The minimum Gasteiger partial charge on any atom is -0.469 e. The second kappa shape index (κ2) is 13.4. The normalized spacial score (nSPS) is 10.2. The number of carbonyl (C=O) groups is 2. The van der Waals surface area contributed by atoms with Crippen molar-refractivity contribution in [2.75, 3.05) is 21.4 Å². The predicted octanol–water partition coefficient (Wildman–Crippen LogP) is 3.94. The summed E-state index contributed by atoms with van der Waals surface area (Å²) in [6.07, 6.45) is 0.133. The van der Waals surface area contributed by atoms with Crippen LogP contribution in [0.4, 0.5) is 15.8 Å². The maximum Gasteiger partial charge on any atom is 0.315 e. The van der Waals surface area contributed by atoms with Gasteiger partial charge in [0.15, 0.2) is 0 Å². The Hall–Kier alpha value is -3.89. The van der Waals surface area contributed by atoms with Gasteiger partial charge in [-0.2, -0.15) is 0 Å². The number of methoxy groups -OCH3 is 2. The molecule has 0 radical (unpaired) electrons. The zero-order chi connectivity index (χ0) is 25.6. The van der Waals surface area contributed by atoms with Crippen LogP contribution >= 0.6 is 0 Å². The second-order valence-corrected chi connectivity index (χ2v) is 6.60. The number of hydrogen-bond donors (Lipinski definition) is 0. The standard InChI is InChI=1S/C11H13NO4.C9H9NO4.CH3F/c1-11(2,10(13)16-3)8-4-6-9(7-5-8)12(14)15;1-14-9(11)6-7-2-4-8(5-3-7)10(12)13;1-2/h4-7H,1-3H3;2-5H,6H2,1H3;1H3/i;;1D. The van der Waals surface area contributed by atoms with Gasteiger partial charge in [-0.05, 0) is 25.0 Å². The van der Waals surface area contributed by atoms with Crippen molar-refractivity contribution in [1.29, 1.82) is 0 Å². The SMILES string of the molecule is COC(=O)C(C)(C)c1ccc([N+](=O)[O-])cc1.COC(=O)Cc1ccc([N+](=O)[O-])cc1.[2H]CF. The Bertz CT molecular complexity index is 934. The molecule has 0 amide bonds. The van der Waals surface area contributed by atoms with Gasteiger partial charge >= 0.3 is 11.9 Å². The van der Waals surface area contributed by atoms with Crippen LogP contribution in [0.5, 0.6) is 0 Å². The lowest BCUT2D eigenvalue weighted by Crippen LogP contribution is -2.30. The highest BCUT2D eigenvalue weighted by Crippen LogP contribution is 2.26. The Labute approximate surface area is 185 Å². The molecule has 0 unspecified atom stereocenters. The average Bonchev–Trinajstić information content (AvgIpc) is 2.79. The molecule has 0 bridgehead atoms. The molecular weight excluding hydrogens is 427 g/mol. The fourth-order valence-electron chi connectivity index (χ4n) is 2.35. The van der Waals surface area contributed by atoms with Crippen LogP contribution in [0.3, 0.4) is 0 Å². The van der Waals surface area contributed by atoms with Gasteiger partial charge in [0.05, 0.1) is 44.4 Å². The molecule has 0 saturated heterocycles. The number of nitrogens with zero attached hydrogens (tertiary/aromatic N) is 2. The minimum absolute atomic E-state index is 0.00409. The molecule has 32 heavy (non-hydrogen) atoms. The van der Waals surface area contributed by atoms with Crippen molar-refractivity contribution < 1.29 is 34.7 Å². The van der Waals surface area contributed by atoms with E-state index in [1.54, 1.807) is 26.0 Å². The summed E-state index contributed by atoms with van der Waals surface area (Å²) in [6, 6.07) is 11.7. The summed E-state index contributed by atoms with van der Waals surface area (Å²) in [5, 5.41) is 20.8. The van der Waals surface area contributed by atoms with E-state index in [1.165, 1.54) is 50.6 Å². The Kier molecular flexibility index (Phi) is 11.0. The van der Waals surface area contributed by atoms with Crippen LogP contribution in [-0.4, -0.2) is 43.2 Å². The summed E-state index contributed by atoms with van der Waals surface area (Å²) in [5.41, 5.74) is 0.597. The van der Waals surface area contributed by atoms with E-state index in [2.05, 4.69) is 9.47 Å². The van der Waals surface area contributed by atoms with Gasteiger partial charge in [-0.1, -0.05) is 24.3 Å². The zero-order valence-electron chi connectivity index (χ0n) is 19.1. The van der Waals surface area contributed by atoms with Crippen molar-refractivity contribution in [1.82, 2.24) is 0 Å². The summed E-state index contributed by atoms with van der Waals surface area (Å²) in [5.74, 6) is -0.736. The fraction of sp³-hybridized carbons (Fsp3) is 0.333. The van der Waals surface area contributed by atoms with E-state index >= 15 is 0 Å². The highest BCUT2D eigenvalue weighted by Gasteiger charge is 2.31. The van der Waals surface area contributed by atoms with Crippen molar-refractivity contribution in [3.05, 3.63) is 79.9 Å². The van der Waals surface area contributed by atoms with E-state index in [0.29, 0.717) is 11.1 Å². The molecule has 2 aromatic rings. The molecular formula is C21H25FN2O8. The van der Waals surface area contributed by atoms with Crippen molar-refractivity contribution in [2.24, 2.45) is 0 Å². The van der Waals surface area contributed by atoms with Gasteiger partial charge in [0, 0.05) is 24.3 Å². The number of nitro benzene ring substituents is 2. The monoisotopic (exact) mass is 453 g/mol. The number of halogens is 1. The van der Waals surface area contributed by atoms with E-state index in [1.807, 2.05) is 0 Å². The largest absolute Gasteiger partial charge is 0.469 e. The number of non-ortho nitro benzene ring substituents is 2. The summed E-state index contributed by atoms with van der Waals surface area (Å²) in [7, 11) is 1.61. The number of hydrogen-bond acceptors (Lipinski definition) is 8. The minimum atomic E-state index is -1.00. The van der Waals surface area contributed by atoms with Gasteiger partial charge in [0.25, 0.3) is 11.4 Å². The number of nitro groups is 2. The first-order valence-electron chi connectivity index (χ1n) is 9.63. The van der Waals surface area contributed by atoms with Gasteiger partial charge in [-0.25, -0.2) is 0 Å². The predicted molar refractivity (Wildman–Crippen MR) is 114 cm³/mol. The first-order valence-corrected chi connectivity index (χ1v) is 8.93. The van der Waals surface area contributed by atoms with Crippen molar-refractivity contribution >= 4 is 23.3 Å². The van der Waals surface area contributed by atoms with Crippen molar-refractivity contribution in [3.63, 3.8) is 0 Å². The van der Waals surface area contributed by atoms with Gasteiger partial charge in [-0.3, -0.25) is 34.2 Å². The Morgan fingerprint density at radius 3 is 1.69 bits per heavy atom. The molecule has 10 nitrogen and oxygen atoms in total. The fourth-order valence-corrected chi connectivity index (χ4v) is 2.35. The van der Waals surface area contributed by atoms with Gasteiger partial charge in [0.2, 0.25) is 0 Å². The molecule has 0 aliphatic carbocycles. The van der Waals surface area contributed by atoms with Crippen molar-refractivity contribution in [3.8, 4) is 0 Å². The number of carbonyl (C=O) groups excluding carboxylic acids is 2. The van der Waals surface area contributed by atoms with Crippen LogP contribution in [0.1, 0.15) is 26.3 Å². The first kappa shape index (κ1) is 26.1. The van der Waals surface area contributed by atoms with Gasteiger partial charge in [0.1, 0.15) is 0 Å². The van der Waals surface area contributed by atoms with Crippen LogP contribution in [0.2, 0.25) is 0 Å². The molecule has 0 aliphatic rings. The van der Waals surface area contributed by atoms with Crippen LogP contribution in [-0.2, 0) is 30.9 Å².